The molecule has 2 heterocycles. The Morgan fingerprint density at radius 3 is 2.90 bits per heavy atom. The SMILES string of the molecule is O=C(NCCSCc1ccc(Br)s1)c1ccc(=O)[nH]n1. The number of thiophene rings is 1. The van der Waals surface area contributed by atoms with E-state index in [9.17, 15) is 9.59 Å². The second-order valence-electron chi connectivity index (χ2n) is 3.82. The Morgan fingerprint density at radius 2 is 2.25 bits per heavy atom. The molecule has 0 fully saturated rings. The molecule has 0 saturated heterocycles. The van der Waals surface area contributed by atoms with Crippen LogP contribution < -0.4 is 10.9 Å². The van der Waals surface area contributed by atoms with Crippen LogP contribution in [0.5, 0.6) is 0 Å². The van der Waals surface area contributed by atoms with Crippen LogP contribution in [0.4, 0.5) is 0 Å². The summed E-state index contributed by atoms with van der Waals surface area (Å²) in [5.74, 6) is 1.48. The number of hydrogen-bond donors (Lipinski definition) is 2. The largest absolute Gasteiger partial charge is 0.350 e. The van der Waals surface area contributed by atoms with Gasteiger partial charge in [0.05, 0.1) is 3.79 Å². The maximum absolute atomic E-state index is 11.7. The highest BCUT2D eigenvalue weighted by atomic mass is 79.9. The zero-order valence-corrected chi connectivity index (χ0v) is 13.6. The van der Waals surface area contributed by atoms with E-state index in [1.807, 2.05) is 6.07 Å². The number of aromatic amines is 1. The summed E-state index contributed by atoms with van der Waals surface area (Å²) in [6.07, 6.45) is 0. The summed E-state index contributed by atoms with van der Waals surface area (Å²) in [5.41, 5.74) is -0.101. The van der Waals surface area contributed by atoms with Gasteiger partial charge in [-0.1, -0.05) is 0 Å². The Kier molecular flexibility index (Phi) is 5.81. The molecule has 0 aliphatic rings. The molecular formula is C12H12BrN3O2S2. The number of nitrogens with zero attached hydrogens (tertiary/aromatic N) is 1. The van der Waals surface area contributed by atoms with Gasteiger partial charge in [0, 0.05) is 29.0 Å². The number of nitrogens with one attached hydrogen (secondary N) is 2. The van der Waals surface area contributed by atoms with E-state index in [4.69, 9.17) is 0 Å². The molecule has 0 aliphatic carbocycles. The fourth-order valence-electron chi connectivity index (χ4n) is 1.40. The van der Waals surface area contributed by atoms with Gasteiger partial charge >= 0.3 is 0 Å². The topological polar surface area (TPSA) is 74.8 Å². The highest BCUT2D eigenvalue weighted by Crippen LogP contribution is 2.25. The second kappa shape index (κ2) is 7.61. The molecule has 2 aromatic heterocycles. The summed E-state index contributed by atoms with van der Waals surface area (Å²) in [6, 6.07) is 6.81. The number of H-pyrrole nitrogens is 1. The fraction of sp³-hybridized carbons (Fsp3) is 0.250. The van der Waals surface area contributed by atoms with Gasteiger partial charge in [0.15, 0.2) is 0 Å². The first-order chi connectivity index (χ1) is 9.65. The minimum atomic E-state index is -0.320. The molecule has 0 unspecified atom stereocenters. The van der Waals surface area contributed by atoms with E-state index in [0.717, 1.165) is 15.3 Å². The third-order valence-electron chi connectivity index (χ3n) is 2.32. The van der Waals surface area contributed by atoms with Gasteiger partial charge < -0.3 is 5.32 Å². The standard InChI is InChI=1S/C12H12BrN3O2S2/c13-10-3-1-8(20-10)7-19-6-5-14-12(18)9-2-4-11(17)16-15-9/h1-4H,5-7H2,(H,14,18)(H,16,17). The van der Waals surface area contributed by atoms with Gasteiger partial charge in [-0.25, -0.2) is 5.10 Å². The first-order valence-corrected chi connectivity index (χ1v) is 8.57. The average molecular weight is 374 g/mol. The van der Waals surface area contributed by atoms with Gasteiger partial charge in [0.1, 0.15) is 5.69 Å². The molecule has 106 valence electrons. The molecule has 0 radical (unpaired) electrons. The molecular weight excluding hydrogens is 362 g/mol. The van der Waals surface area contributed by atoms with E-state index in [1.165, 1.54) is 17.0 Å². The second-order valence-corrected chi connectivity index (χ2v) is 7.47. The maximum Gasteiger partial charge on any atom is 0.271 e. The zero-order valence-electron chi connectivity index (χ0n) is 10.4. The zero-order chi connectivity index (χ0) is 14.4. The minimum Gasteiger partial charge on any atom is -0.350 e. The molecule has 5 nitrogen and oxygen atoms in total. The van der Waals surface area contributed by atoms with Crippen LogP contribution in [0.25, 0.3) is 0 Å². The van der Waals surface area contributed by atoms with Crippen LogP contribution in [0.15, 0.2) is 32.8 Å². The molecule has 0 aromatic carbocycles. The van der Waals surface area contributed by atoms with Gasteiger partial charge in [0.25, 0.3) is 11.5 Å². The molecule has 2 aromatic rings. The number of amides is 1. The Bertz CT molecular complexity index is 621. The predicted octanol–water partition coefficient (Wildman–Crippen LogP) is 2.26. The highest BCUT2D eigenvalue weighted by Gasteiger charge is 2.06. The summed E-state index contributed by atoms with van der Waals surface area (Å²) in [4.78, 5) is 23.8. The number of aromatic nitrogens is 2. The minimum absolute atomic E-state index is 0.219. The van der Waals surface area contributed by atoms with Crippen molar-refractivity contribution in [1.29, 1.82) is 0 Å². The quantitative estimate of drug-likeness (QED) is 0.761. The smallest absolute Gasteiger partial charge is 0.271 e. The van der Waals surface area contributed by atoms with Crippen LogP contribution in [-0.2, 0) is 5.75 Å². The average Bonchev–Trinajstić information content (AvgIpc) is 2.84. The van der Waals surface area contributed by atoms with E-state index in [1.54, 1.807) is 23.1 Å². The van der Waals surface area contributed by atoms with Crippen molar-refractivity contribution >= 4 is 44.9 Å². The van der Waals surface area contributed by atoms with Crippen LogP contribution in [0.1, 0.15) is 15.4 Å². The lowest BCUT2D eigenvalue weighted by atomic mass is 10.4. The van der Waals surface area contributed by atoms with E-state index in [2.05, 4.69) is 37.5 Å². The van der Waals surface area contributed by atoms with Crippen LogP contribution in [0.3, 0.4) is 0 Å². The Morgan fingerprint density at radius 1 is 1.40 bits per heavy atom. The molecule has 20 heavy (non-hydrogen) atoms. The van der Waals surface area contributed by atoms with Crippen molar-refractivity contribution < 1.29 is 4.79 Å². The van der Waals surface area contributed by atoms with Gasteiger partial charge in [-0.05, 0) is 34.1 Å². The van der Waals surface area contributed by atoms with Crippen molar-refractivity contribution in [2.75, 3.05) is 12.3 Å². The van der Waals surface area contributed by atoms with Crippen LogP contribution in [0.2, 0.25) is 0 Å². The van der Waals surface area contributed by atoms with Crippen LogP contribution in [0, 0.1) is 0 Å². The predicted molar refractivity (Wildman–Crippen MR) is 85.4 cm³/mol. The molecule has 0 spiro atoms. The first-order valence-electron chi connectivity index (χ1n) is 5.81. The number of carbonyl (C=O) groups is 1. The summed E-state index contributed by atoms with van der Waals surface area (Å²) in [5, 5.41) is 8.66. The number of halogens is 1. The monoisotopic (exact) mass is 373 g/mol. The lowest BCUT2D eigenvalue weighted by Crippen LogP contribution is -2.27. The number of carbonyl (C=O) groups excluding carboxylic acids is 1. The third kappa shape index (κ3) is 4.77. The van der Waals surface area contributed by atoms with Crippen molar-refractivity contribution in [1.82, 2.24) is 15.5 Å². The van der Waals surface area contributed by atoms with Crippen LogP contribution >= 0.6 is 39.0 Å². The molecule has 0 atom stereocenters. The molecule has 0 bridgehead atoms. The molecule has 0 saturated carbocycles. The molecule has 1 amide bonds. The van der Waals surface area contributed by atoms with Gasteiger partial charge in [-0.3, -0.25) is 9.59 Å². The van der Waals surface area contributed by atoms with E-state index in [-0.39, 0.29) is 17.2 Å². The number of hydrogen-bond acceptors (Lipinski definition) is 5. The summed E-state index contributed by atoms with van der Waals surface area (Å²) in [6.45, 7) is 0.566. The first kappa shape index (κ1) is 15.3. The van der Waals surface area contributed by atoms with Crippen molar-refractivity contribution in [3.8, 4) is 0 Å². The normalized spacial score (nSPS) is 10.4. The molecule has 8 heteroatoms. The third-order valence-corrected chi connectivity index (χ3v) is 5.13. The summed E-state index contributed by atoms with van der Waals surface area (Å²) >= 11 is 6.90. The van der Waals surface area contributed by atoms with E-state index in [0.29, 0.717) is 6.54 Å². The van der Waals surface area contributed by atoms with Gasteiger partial charge in [-0.2, -0.15) is 16.9 Å². The van der Waals surface area contributed by atoms with E-state index >= 15 is 0 Å². The molecule has 2 rings (SSSR count). The van der Waals surface area contributed by atoms with E-state index < -0.39 is 0 Å². The van der Waals surface area contributed by atoms with Crippen molar-refractivity contribution in [2.45, 2.75) is 5.75 Å². The van der Waals surface area contributed by atoms with Crippen LogP contribution in [-0.4, -0.2) is 28.4 Å². The fourth-order valence-corrected chi connectivity index (χ4v) is 3.85. The Hall–Kier alpha value is -1.12. The lowest BCUT2D eigenvalue weighted by molar-refractivity contribution is 0.0950. The van der Waals surface area contributed by atoms with Gasteiger partial charge in [-0.15, -0.1) is 11.3 Å². The molecule has 0 aliphatic heterocycles. The lowest BCUT2D eigenvalue weighted by Gasteiger charge is -2.03. The van der Waals surface area contributed by atoms with Crippen molar-refractivity contribution in [3.05, 3.63) is 49.0 Å². The van der Waals surface area contributed by atoms with Crippen molar-refractivity contribution in [3.63, 3.8) is 0 Å². The summed E-state index contributed by atoms with van der Waals surface area (Å²) in [7, 11) is 0. The summed E-state index contributed by atoms with van der Waals surface area (Å²) < 4.78 is 1.13. The highest BCUT2D eigenvalue weighted by molar-refractivity contribution is 9.11. The number of rotatable bonds is 6. The number of thioether (sulfide) groups is 1. The Labute approximate surface area is 132 Å². The maximum atomic E-state index is 11.7. The van der Waals surface area contributed by atoms with Crippen molar-refractivity contribution in [2.24, 2.45) is 0 Å². The molecule has 2 N–H and O–H groups in total. The Balaban J connectivity index is 1.67. The van der Waals surface area contributed by atoms with Gasteiger partial charge in [0.2, 0.25) is 0 Å².